The Bertz CT molecular complexity index is 1190. The predicted octanol–water partition coefficient (Wildman–Crippen LogP) is 5.19. The highest BCUT2D eigenvalue weighted by Crippen LogP contribution is 2.39. The van der Waals surface area contributed by atoms with E-state index in [1.807, 2.05) is 0 Å². The van der Waals surface area contributed by atoms with Crippen LogP contribution < -0.4 is 10.5 Å². The molecule has 0 spiro atoms. The quantitative estimate of drug-likeness (QED) is 0.501. The Morgan fingerprint density at radius 3 is 2.39 bits per heavy atom. The Labute approximate surface area is 217 Å². The van der Waals surface area contributed by atoms with Crippen molar-refractivity contribution in [2.75, 3.05) is 25.9 Å². The van der Waals surface area contributed by atoms with Gasteiger partial charge in [-0.3, -0.25) is 4.79 Å². The van der Waals surface area contributed by atoms with Crippen molar-refractivity contribution in [1.82, 2.24) is 4.90 Å². The largest absolute Gasteiger partial charge is 0.489 e. The number of likely N-dealkylation sites (tertiary alicyclic amines) is 1. The molecular weight excluding hydrogens is 503 g/mol. The minimum Gasteiger partial charge on any atom is -0.489 e. The van der Waals surface area contributed by atoms with Gasteiger partial charge >= 0.3 is 0 Å². The van der Waals surface area contributed by atoms with Crippen molar-refractivity contribution in [2.45, 2.75) is 61.9 Å². The van der Waals surface area contributed by atoms with Gasteiger partial charge in [-0.1, -0.05) is 11.6 Å². The molecule has 2 aromatic carbocycles. The van der Waals surface area contributed by atoms with E-state index in [9.17, 15) is 17.6 Å². The highest BCUT2D eigenvalue weighted by molar-refractivity contribution is 7.90. The fourth-order valence-corrected chi connectivity index (χ4v) is 6.33. The number of sulfone groups is 1. The van der Waals surface area contributed by atoms with Crippen LogP contribution in [0.3, 0.4) is 0 Å². The molecule has 1 amide bonds. The topological polar surface area (TPSA) is 89.7 Å². The molecule has 1 aliphatic heterocycles. The third-order valence-electron chi connectivity index (χ3n) is 7.58. The number of amides is 1. The third kappa shape index (κ3) is 6.78. The van der Waals surface area contributed by atoms with E-state index in [0.717, 1.165) is 70.1 Å². The van der Waals surface area contributed by atoms with Gasteiger partial charge in [-0.25, -0.2) is 12.8 Å². The standard InChI is InChI=1S/C27H34ClFN2O4S/c1-36(33,34)22-7-8-23(27(30)32)24(17-22)19-4-2-18(3-5-19)10-13-31-14-11-21(12-15-31)35-26-9-6-20(29)16-25(26)28/h6-9,16-19,21H,2-5,10-15H2,1H3,(H2,30,32). The van der Waals surface area contributed by atoms with Gasteiger partial charge in [-0.15, -0.1) is 0 Å². The van der Waals surface area contributed by atoms with E-state index in [1.54, 1.807) is 18.2 Å². The maximum atomic E-state index is 13.2. The lowest BCUT2D eigenvalue weighted by Crippen LogP contribution is -2.39. The summed E-state index contributed by atoms with van der Waals surface area (Å²) in [5.41, 5.74) is 6.78. The number of ether oxygens (including phenoxy) is 1. The number of nitrogens with zero attached hydrogens (tertiary/aromatic N) is 1. The number of primary amides is 1. The summed E-state index contributed by atoms with van der Waals surface area (Å²) in [4.78, 5) is 14.7. The summed E-state index contributed by atoms with van der Waals surface area (Å²) in [6.07, 6.45) is 8.15. The second kappa shape index (κ2) is 11.5. The van der Waals surface area contributed by atoms with E-state index in [1.165, 1.54) is 24.5 Å². The average Bonchev–Trinajstić information content (AvgIpc) is 2.84. The number of benzene rings is 2. The zero-order valence-electron chi connectivity index (χ0n) is 20.6. The van der Waals surface area contributed by atoms with E-state index < -0.39 is 15.7 Å². The number of rotatable bonds is 8. The normalized spacial score (nSPS) is 21.9. The second-order valence-corrected chi connectivity index (χ2v) is 12.5. The molecule has 4 rings (SSSR count). The zero-order chi connectivity index (χ0) is 25.9. The van der Waals surface area contributed by atoms with Crippen LogP contribution in [-0.2, 0) is 9.84 Å². The van der Waals surface area contributed by atoms with Gasteiger partial charge in [0.05, 0.1) is 9.92 Å². The van der Waals surface area contributed by atoms with Crippen LogP contribution >= 0.6 is 11.6 Å². The average molecular weight is 537 g/mol. The van der Waals surface area contributed by atoms with E-state index >= 15 is 0 Å². The van der Waals surface area contributed by atoms with Crippen LogP contribution in [0.25, 0.3) is 0 Å². The molecule has 1 saturated carbocycles. The molecule has 1 aliphatic carbocycles. The van der Waals surface area contributed by atoms with E-state index in [4.69, 9.17) is 22.1 Å². The van der Waals surface area contributed by atoms with Gasteiger partial charge in [0.15, 0.2) is 9.84 Å². The SMILES string of the molecule is CS(=O)(=O)c1ccc(C(N)=O)c(C2CCC(CCN3CCC(Oc4ccc(F)cc4Cl)CC3)CC2)c1. The molecule has 6 nitrogen and oxygen atoms in total. The van der Waals surface area contributed by atoms with Gasteiger partial charge in [0.2, 0.25) is 5.91 Å². The molecule has 2 aromatic rings. The lowest BCUT2D eigenvalue weighted by Gasteiger charge is -2.34. The number of piperidine rings is 1. The fraction of sp³-hybridized carbons (Fsp3) is 0.519. The predicted molar refractivity (Wildman–Crippen MR) is 139 cm³/mol. The van der Waals surface area contributed by atoms with Gasteiger partial charge in [0.1, 0.15) is 17.7 Å². The summed E-state index contributed by atoms with van der Waals surface area (Å²) in [5.74, 6) is 0.419. The smallest absolute Gasteiger partial charge is 0.248 e. The second-order valence-electron chi connectivity index (χ2n) is 10.1. The molecule has 36 heavy (non-hydrogen) atoms. The monoisotopic (exact) mass is 536 g/mol. The molecule has 1 saturated heterocycles. The van der Waals surface area contributed by atoms with Crippen LogP contribution in [0.2, 0.25) is 5.02 Å². The van der Waals surface area contributed by atoms with Gasteiger partial charge in [0.25, 0.3) is 0 Å². The maximum absolute atomic E-state index is 13.2. The summed E-state index contributed by atoms with van der Waals surface area (Å²) in [5, 5.41) is 0.305. The van der Waals surface area contributed by atoms with E-state index in [-0.39, 0.29) is 22.7 Å². The number of halogens is 2. The van der Waals surface area contributed by atoms with E-state index in [0.29, 0.717) is 22.3 Å². The van der Waals surface area contributed by atoms with Gasteiger partial charge < -0.3 is 15.4 Å². The lowest BCUT2D eigenvalue weighted by molar-refractivity contribution is 0.0952. The number of carbonyl (C=O) groups is 1. The molecule has 0 aromatic heterocycles. The molecule has 0 atom stereocenters. The molecule has 0 unspecified atom stereocenters. The molecular formula is C27H34ClFN2O4S. The number of carbonyl (C=O) groups excluding carboxylic acids is 1. The van der Waals surface area contributed by atoms with Crippen molar-refractivity contribution in [2.24, 2.45) is 11.7 Å². The van der Waals surface area contributed by atoms with Crippen molar-refractivity contribution < 1.29 is 22.3 Å². The van der Waals surface area contributed by atoms with Crippen LogP contribution in [-0.4, -0.2) is 51.2 Å². The highest BCUT2D eigenvalue weighted by Gasteiger charge is 2.28. The molecule has 9 heteroatoms. The van der Waals surface area contributed by atoms with Crippen LogP contribution in [0, 0.1) is 11.7 Å². The van der Waals surface area contributed by atoms with Crippen molar-refractivity contribution >= 4 is 27.3 Å². The molecule has 2 N–H and O–H groups in total. The summed E-state index contributed by atoms with van der Waals surface area (Å²) in [7, 11) is -3.35. The summed E-state index contributed by atoms with van der Waals surface area (Å²) in [6, 6.07) is 8.89. The van der Waals surface area contributed by atoms with Crippen molar-refractivity contribution in [1.29, 1.82) is 0 Å². The van der Waals surface area contributed by atoms with Gasteiger partial charge in [-0.05, 0) is 105 Å². The van der Waals surface area contributed by atoms with Crippen LogP contribution in [0.1, 0.15) is 66.8 Å². The summed E-state index contributed by atoms with van der Waals surface area (Å²) < 4.78 is 43.3. The van der Waals surface area contributed by atoms with Crippen molar-refractivity contribution in [3.63, 3.8) is 0 Å². The summed E-state index contributed by atoms with van der Waals surface area (Å²) >= 11 is 6.09. The molecule has 196 valence electrons. The molecule has 1 heterocycles. The van der Waals surface area contributed by atoms with Crippen molar-refractivity contribution in [3.05, 3.63) is 58.4 Å². The maximum Gasteiger partial charge on any atom is 0.248 e. The molecule has 2 aliphatic rings. The Morgan fingerprint density at radius 2 is 1.78 bits per heavy atom. The van der Waals surface area contributed by atoms with Crippen LogP contribution in [0.4, 0.5) is 4.39 Å². The fourth-order valence-electron chi connectivity index (χ4n) is 5.46. The molecule has 2 fully saturated rings. The Balaban J connectivity index is 1.24. The summed E-state index contributed by atoms with van der Waals surface area (Å²) in [6.45, 7) is 2.95. The van der Waals surface area contributed by atoms with Crippen LogP contribution in [0.5, 0.6) is 5.75 Å². The Kier molecular flexibility index (Phi) is 8.58. The highest BCUT2D eigenvalue weighted by atomic mass is 35.5. The first-order valence-corrected chi connectivity index (χ1v) is 14.8. The first kappa shape index (κ1) is 26.9. The molecule has 0 bridgehead atoms. The Morgan fingerprint density at radius 1 is 1.08 bits per heavy atom. The van der Waals surface area contributed by atoms with Crippen LogP contribution in [0.15, 0.2) is 41.3 Å². The van der Waals surface area contributed by atoms with Crippen molar-refractivity contribution in [3.8, 4) is 5.75 Å². The minimum atomic E-state index is -3.35. The molecule has 0 radical (unpaired) electrons. The number of hydrogen-bond acceptors (Lipinski definition) is 5. The Hall–Kier alpha value is -2.16. The first-order chi connectivity index (χ1) is 17.1. The van der Waals surface area contributed by atoms with Gasteiger partial charge in [0, 0.05) is 24.9 Å². The van der Waals surface area contributed by atoms with Gasteiger partial charge in [-0.2, -0.15) is 0 Å². The minimum absolute atomic E-state index is 0.0850. The lowest BCUT2D eigenvalue weighted by atomic mass is 9.76. The zero-order valence-corrected chi connectivity index (χ0v) is 22.2. The third-order valence-corrected chi connectivity index (χ3v) is 8.98. The number of hydrogen-bond donors (Lipinski definition) is 1. The number of nitrogens with two attached hydrogens (primary N) is 1. The first-order valence-electron chi connectivity index (χ1n) is 12.6. The van der Waals surface area contributed by atoms with E-state index in [2.05, 4.69) is 4.90 Å².